The zero-order chi connectivity index (χ0) is 9.23. The van der Waals surface area contributed by atoms with E-state index in [2.05, 4.69) is 26.1 Å². The van der Waals surface area contributed by atoms with Crippen molar-refractivity contribution in [2.24, 2.45) is 5.92 Å². The zero-order valence-electron chi connectivity index (χ0n) is 8.73. The van der Waals surface area contributed by atoms with Crippen molar-refractivity contribution >= 4 is 0 Å². The molecule has 0 radical (unpaired) electrons. The summed E-state index contributed by atoms with van der Waals surface area (Å²) in [7, 11) is 0. The Kier molecular flexibility index (Phi) is 14.1. The molecule has 1 rings (SSSR count). The highest BCUT2D eigenvalue weighted by Crippen LogP contribution is 2.00. The predicted molar refractivity (Wildman–Crippen MR) is 60.2 cm³/mol. The van der Waals surface area contributed by atoms with E-state index in [0.717, 1.165) is 32.2 Å². The first kappa shape index (κ1) is 15.4. The molecule has 1 aliphatic heterocycles. The third-order valence-corrected chi connectivity index (χ3v) is 1.71. The van der Waals surface area contributed by atoms with Gasteiger partial charge in [-0.1, -0.05) is 41.0 Å². The Morgan fingerprint density at radius 1 is 1.23 bits per heavy atom. The molecule has 2 nitrogen and oxygen atoms in total. The van der Waals surface area contributed by atoms with Crippen LogP contribution in [0.15, 0.2) is 0 Å². The molecule has 1 fully saturated rings. The normalized spacial score (nSPS) is 15.7. The number of hydrogen-bond acceptors (Lipinski definition) is 2. The molecule has 0 bridgehead atoms. The second kappa shape index (κ2) is 11.9. The molecule has 1 heterocycles. The van der Waals surface area contributed by atoms with Gasteiger partial charge in [-0.2, -0.15) is 0 Å². The zero-order valence-corrected chi connectivity index (χ0v) is 8.73. The minimum atomic E-state index is 0. The van der Waals surface area contributed by atoms with Crippen LogP contribution >= 0.6 is 0 Å². The van der Waals surface area contributed by atoms with Crippen LogP contribution in [-0.2, 0) is 4.74 Å². The van der Waals surface area contributed by atoms with E-state index in [1.165, 1.54) is 12.8 Å². The molecular weight excluding hydrogens is 162 g/mol. The second-order valence-electron chi connectivity index (χ2n) is 3.54. The smallest absolute Gasteiger partial charge is 0.0591 e. The Morgan fingerprint density at radius 3 is 1.85 bits per heavy atom. The average Bonchev–Trinajstić information content (AvgIpc) is 2.08. The molecule has 82 valence electrons. The molecular formula is C11H27NO. The SMILES string of the molecule is C.C1COCCN1.CCCC(C)C. The summed E-state index contributed by atoms with van der Waals surface area (Å²) in [4.78, 5) is 0. The number of morpholine rings is 1. The molecule has 1 saturated heterocycles. The van der Waals surface area contributed by atoms with Crippen molar-refractivity contribution in [2.45, 2.75) is 41.0 Å². The van der Waals surface area contributed by atoms with Gasteiger partial charge in [0.1, 0.15) is 0 Å². The molecule has 0 unspecified atom stereocenters. The quantitative estimate of drug-likeness (QED) is 0.721. The summed E-state index contributed by atoms with van der Waals surface area (Å²) in [5.74, 6) is 0.898. The summed E-state index contributed by atoms with van der Waals surface area (Å²) in [5, 5.41) is 3.16. The summed E-state index contributed by atoms with van der Waals surface area (Å²) in [5.41, 5.74) is 0. The van der Waals surface area contributed by atoms with E-state index >= 15 is 0 Å². The van der Waals surface area contributed by atoms with Crippen LogP contribution in [0.1, 0.15) is 41.0 Å². The highest BCUT2D eigenvalue weighted by atomic mass is 16.5. The average molecular weight is 189 g/mol. The van der Waals surface area contributed by atoms with E-state index in [1.807, 2.05) is 0 Å². The lowest BCUT2D eigenvalue weighted by Crippen LogP contribution is -2.30. The molecule has 0 aromatic heterocycles. The van der Waals surface area contributed by atoms with Crippen LogP contribution in [0.2, 0.25) is 0 Å². The van der Waals surface area contributed by atoms with E-state index in [9.17, 15) is 0 Å². The van der Waals surface area contributed by atoms with Gasteiger partial charge in [-0.05, 0) is 5.92 Å². The van der Waals surface area contributed by atoms with E-state index in [-0.39, 0.29) is 7.43 Å². The molecule has 0 aliphatic carbocycles. The van der Waals surface area contributed by atoms with Gasteiger partial charge in [0.15, 0.2) is 0 Å². The van der Waals surface area contributed by atoms with Crippen LogP contribution < -0.4 is 5.32 Å². The minimum Gasteiger partial charge on any atom is -0.379 e. The Hall–Kier alpha value is -0.0800. The second-order valence-corrected chi connectivity index (χ2v) is 3.54. The Labute approximate surface area is 84.1 Å². The Balaban J connectivity index is 0. The fraction of sp³-hybridized carbons (Fsp3) is 1.00. The van der Waals surface area contributed by atoms with Crippen LogP contribution in [0, 0.1) is 5.92 Å². The predicted octanol–water partition coefficient (Wildman–Crippen LogP) is 2.68. The van der Waals surface area contributed by atoms with Crippen molar-refractivity contribution in [3.05, 3.63) is 0 Å². The summed E-state index contributed by atoms with van der Waals surface area (Å²) in [6.07, 6.45) is 2.71. The number of ether oxygens (including phenoxy) is 1. The molecule has 0 amide bonds. The molecule has 1 aliphatic rings. The van der Waals surface area contributed by atoms with Gasteiger partial charge in [0.05, 0.1) is 13.2 Å². The van der Waals surface area contributed by atoms with Crippen molar-refractivity contribution in [3.8, 4) is 0 Å². The van der Waals surface area contributed by atoms with Crippen molar-refractivity contribution in [1.29, 1.82) is 0 Å². The van der Waals surface area contributed by atoms with Crippen molar-refractivity contribution in [3.63, 3.8) is 0 Å². The first-order valence-corrected chi connectivity index (χ1v) is 5.05. The fourth-order valence-electron chi connectivity index (χ4n) is 1.09. The van der Waals surface area contributed by atoms with Gasteiger partial charge in [-0.15, -0.1) is 0 Å². The Morgan fingerprint density at radius 2 is 1.77 bits per heavy atom. The molecule has 0 aromatic carbocycles. The first-order valence-electron chi connectivity index (χ1n) is 5.05. The van der Waals surface area contributed by atoms with Gasteiger partial charge in [-0.3, -0.25) is 0 Å². The summed E-state index contributed by atoms with van der Waals surface area (Å²) < 4.78 is 5.01. The molecule has 0 atom stereocenters. The number of hydrogen-bond donors (Lipinski definition) is 1. The Bertz CT molecular complexity index is 68.6. The third kappa shape index (κ3) is 14.7. The largest absolute Gasteiger partial charge is 0.379 e. The van der Waals surface area contributed by atoms with Crippen LogP contribution in [0.5, 0.6) is 0 Å². The van der Waals surface area contributed by atoms with Gasteiger partial charge < -0.3 is 10.1 Å². The van der Waals surface area contributed by atoms with Crippen molar-refractivity contribution in [2.75, 3.05) is 26.3 Å². The standard InChI is InChI=1S/C6H14.C4H9NO.CH4/c1-4-5-6(2)3;1-3-6-4-2-5-1;/h6H,4-5H2,1-3H3;5H,1-4H2;1H4. The summed E-state index contributed by atoms with van der Waals surface area (Å²) in [6, 6.07) is 0. The van der Waals surface area contributed by atoms with Crippen molar-refractivity contribution in [1.82, 2.24) is 5.32 Å². The van der Waals surface area contributed by atoms with E-state index in [4.69, 9.17) is 4.74 Å². The molecule has 2 heteroatoms. The highest BCUT2D eigenvalue weighted by Gasteiger charge is 1.92. The molecule has 1 N–H and O–H groups in total. The monoisotopic (exact) mass is 189 g/mol. The lowest BCUT2D eigenvalue weighted by Gasteiger charge is -2.10. The van der Waals surface area contributed by atoms with E-state index < -0.39 is 0 Å². The van der Waals surface area contributed by atoms with Gasteiger partial charge in [-0.25, -0.2) is 0 Å². The van der Waals surface area contributed by atoms with Crippen LogP contribution in [0.3, 0.4) is 0 Å². The van der Waals surface area contributed by atoms with Crippen LogP contribution in [0.25, 0.3) is 0 Å². The molecule has 0 saturated carbocycles. The maximum absolute atomic E-state index is 5.01. The van der Waals surface area contributed by atoms with Crippen LogP contribution in [0.4, 0.5) is 0 Å². The van der Waals surface area contributed by atoms with Gasteiger partial charge in [0.2, 0.25) is 0 Å². The maximum atomic E-state index is 5.01. The lowest BCUT2D eigenvalue weighted by molar-refractivity contribution is 0.109. The molecule has 0 aromatic rings. The summed E-state index contributed by atoms with van der Waals surface area (Å²) in [6.45, 7) is 10.6. The minimum absolute atomic E-state index is 0. The topological polar surface area (TPSA) is 21.3 Å². The van der Waals surface area contributed by atoms with Gasteiger partial charge in [0.25, 0.3) is 0 Å². The first-order chi connectivity index (χ1) is 5.77. The molecule has 13 heavy (non-hydrogen) atoms. The van der Waals surface area contributed by atoms with Gasteiger partial charge in [0, 0.05) is 13.1 Å². The van der Waals surface area contributed by atoms with Crippen molar-refractivity contribution < 1.29 is 4.74 Å². The lowest BCUT2D eigenvalue weighted by atomic mass is 10.1. The number of rotatable bonds is 2. The fourth-order valence-corrected chi connectivity index (χ4v) is 1.09. The summed E-state index contributed by atoms with van der Waals surface area (Å²) >= 11 is 0. The van der Waals surface area contributed by atoms with E-state index in [1.54, 1.807) is 0 Å². The third-order valence-electron chi connectivity index (χ3n) is 1.71. The number of nitrogens with one attached hydrogen (secondary N) is 1. The van der Waals surface area contributed by atoms with Gasteiger partial charge >= 0.3 is 0 Å². The molecule has 0 spiro atoms. The van der Waals surface area contributed by atoms with E-state index in [0.29, 0.717) is 0 Å². The van der Waals surface area contributed by atoms with Crippen LogP contribution in [-0.4, -0.2) is 26.3 Å². The highest BCUT2D eigenvalue weighted by molar-refractivity contribution is 4.49. The maximum Gasteiger partial charge on any atom is 0.0591 e.